The lowest BCUT2D eigenvalue weighted by molar-refractivity contribution is 0.103. The van der Waals surface area contributed by atoms with Crippen LogP contribution < -0.4 is 11.1 Å². The molecule has 1 aliphatic carbocycles. The fourth-order valence-corrected chi connectivity index (χ4v) is 3.77. The molecular formula is C14H13BrN2OS. The number of carbonyl (C=O) groups excluding carboxylic acids is 1. The molecule has 0 bridgehead atoms. The Kier molecular flexibility index (Phi) is 3.33. The largest absolute Gasteiger partial charge is 0.398 e. The van der Waals surface area contributed by atoms with Gasteiger partial charge in [0.25, 0.3) is 5.91 Å². The van der Waals surface area contributed by atoms with Crippen LogP contribution in [0.5, 0.6) is 0 Å². The fraction of sp³-hybridized carbons (Fsp3) is 0.214. The Balaban J connectivity index is 1.78. The summed E-state index contributed by atoms with van der Waals surface area (Å²) in [4.78, 5) is 14.3. The van der Waals surface area contributed by atoms with E-state index in [1.165, 1.54) is 16.9 Å². The molecule has 1 aromatic heterocycles. The van der Waals surface area contributed by atoms with Gasteiger partial charge in [0.05, 0.1) is 4.88 Å². The van der Waals surface area contributed by atoms with Crippen LogP contribution in [0.3, 0.4) is 0 Å². The van der Waals surface area contributed by atoms with E-state index in [2.05, 4.69) is 21.2 Å². The van der Waals surface area contributed by atoms with E-state index in [0.717, 1.165) is 27.9 Å². The van der Waals surface area contributed by atoms with Crippen molar-refractivity contribution in [3.8, 4) is 0 Å². The van der Waals surface area contributed by atoms with Gasteiger partial charge in [0.15, 0.2) is 0 Å². The molecular weight excluding hydrogens is 324 g/mol. The Morgan fingerprint density at radius 2 is 2.16 bits per heavy atom. The van der Waals surface area contributed by atoms with Gasteiger partial charge in [-0.1, -0.05) is 0 Å². The summed E-state index contributed by atoms with van der Waals surface area (Å²) in [6.45, 7) is 0. The van der Waals surface area contributed by atoms with E-state index in [-0.39, 0.29) is 5.91 Å². The molecule has 1 amide bonds. The van der Waals surface area contributed by atoms with Crippen LogP contribution in [0.25, 0.3) is 0 Å². The van der Waals surface area contributed by atoms with Gasteiger partial charge in [-0.15, -0.1) is 11.3 Å². The molecule has 0 saturated carbocycles. The highest BCUT2D eigenvalue weighted by molar-refractivity contribution is 9.10. The summed E-state index contributed by atoms with van der Waals surface area (Å²) < 4.78 is 0.791. The maximum Gasteiger partial charge on any atom is 0.265 e. The van der Waals surface area contributed by atoms with Crippen molar-refractivity contribution in [1.82, 2.24) is 0 Å². The number of hydrogen-bond acceptors (Lipinski definition) is 3. The summed E-state index contributed by atoms with van der Waals surface area (Å²) >= 11 is 4.96. The highest BCUT2D eigenvalue weighted by Crippen LogP contribution is 2.31. The molecule has 1 aromatic carbocycles. The van der Waals surface area contributed by atoms with E-state index in [1.54, 1.807) is 23.5 Å². The number of rotatable bonds is 2. The lowest BCUT2D eigenvalue weighted by Gasteiger charge is -2.05. The SMILES string of the molecule is Nc1ccc(NC(=O)c2cc3c(s2)CCC3)cc1Br. The number of fused-ring (bicyclic) bond motifs is 1. The van der Waals surface area contributed by atoms with E-state index in [0.29, 0.717) is 5.69 Å². The van der Waals surface area contributed by atoms with Gasteiger partial charge < -0.3 is 11.1 Å². The normalized spacial score (nSPS) is 13.3. The molecule has 0 aliphatic heterocycles. The highest BCUT2D eigenvalue weighted by atomic mass is 79.9. The minimum Gasteiger partial charge on any atom is -0.398 e. The van der Waals surface area contributed by atoms with Gasteiger partial charge in [-0.25, -0.2) is 0 Å². The van der Waals surface area contributed by atoms with Crippen LogP contribution in [0.4, 0.5) is 11.4 Å². The Labute approximate surface area is 124 Å². The zero-order valence-electron chi connectivity index (χ0n) is 10.2. The second kappa shape index (κ2) is 4.98. The van der Waals surface area contributed by atoms with Gasteiger partial charge in [-0.3, -0.25) is 4.79 Å². The standard InChI is InChI=1S/C14H13BrN2OS/c15-10-7-9(4-5-11(10)16)17-14(18)13-6-8-2-1-3-12(8)19-13/h4-7H,1-3,16H2,(H,17,18). The van der Waals surface area contributed by atoms with Crippen molar-refractivity contribution < 1.29 is 4.79 Å². The zero-order valence-corrected chi connectivity index (χ0v) is 12.6. The van der Waals surface area contributed by atoms with Crippen LogP contribution in [0.15, 0.2) is 28.7 Å². The third-order valence-electron chi connectivity index (χ3n) is 3.23. The quantitative estimate of drug-likeness (QED) is 0.818. The molecule has 0 spiro atoms. The summed E-state index contributed by atoms with van der Waals surface area (Å²) in [6.07, 6.45) is 3.43. The number of aryl methyl sites for hydroxylation is 2. The lowest BCUT2D eigenvalue weighted by Crippen LogP contribution is -2.10. The lowest BCUT2D eigenvalue weighted by atomic mass is 10.2. The van der Waals surface area contributed by atoms with Crippen LogP contribution in [0.1, 0.15) is 26.5 Å². The van der Waals surface area contributed by atoms with Gasteiger partial charge in [0.2, 0.25) is 0 Å². The average molecular weight is 337 g/mol. The van der Waals surface area contributed by atoms with Crippen molar-refractivity contribution in [2.45, 2.75) is 19.3 Å². The molecule has 0 unspecified atom stereocenters. The van der Waals surface area contributed by atoms with E-state index >= 15 is 0 Å². The first kappa shape index (κ1) is 12.7. The van der Waals surface area contributed by atoms with Gasteiger partial charge in [-0.05, 0) is 65.0 Å². The first-order valence-corrected chi connectivity index (χ1v) is 7.72. The molecule has 3 nitrogen and oxygen atoms in total. The van der Waals surface area contributed by atoms with Crippen LogP contribution in [-0.2, 0) is 12.8 Å². The van der Waals surface area contributed by atoms with Gasteiger partial charge >= 0.3 is 0 Å². The number of amides is 1. The van der Waals surface area contributed by atoms with Crippen molar-refractivity contribution >= 4 is 44.5 Å². The first-order valence-electron chi connectivity index (χ1n) is 6.11. The second-order valence-electron chi connectivity index (χ2n) is 4.60. The third kappa shape index (κ3) is 2.53. The average Bonchev–Trinajstić information content (AvgIpc) is 2.94. The predicted octanol–water partition coefficient (Wildman–Crippen LogP) is 3.83. The topological polar surface area (TPSA) is 55.1 Å². The number of nitrogens with one attached hydrogen (secondary N) is 1. The number of anilines is 2. The molecule has 0 saturated heterocycles. The minimum absolute atomic E-state index is 0.0453. The first-order chi connectivity index (χ1) is 9.13. The van der Waals surface area contributed by atoms with Crippen LogP contribution in [-0.4, -0.2) is 5.91 Å². The monoisotopic (exact) mass is 336 g/mol. The molecule has 3 rings (SSSR count). The third-order valence-corrected chi connectivity index (χ3v) is 5.15. The molecule has 3 N–H and O–H groups in total. The summed E-state index contributed by atoms with van der Waals surface area (Å²) in [5.74, 6) is -0.0453. The van der Waals surface area contributed by atoms with Gasteiger partial charge in [0.1, 0.15) is 0 Å². The van der Waals surface area contributed by atoms with Crippen molar-refractivity contribution in [1.29, 1.82) is 0 Å². The summed E-state index contributed by atoms with van der Waals surface area (Å²) in [5, 5.41) is 2.90. The molecule has 19 heavy (non-hydrogen) atoms. The second-order valence-corrected chi connectivity index (χ2v) is 6.59. The smallest absolute Gasteiger partial charge is 0.265 e. The van der Waals surface area contributed by atoms with E-state index in [1.807, 2.05) is 12.1 Å². The molecule has 0 atom stereocenters. The maximum atomic E-state index is 12.2. The number of thiophene rings is 1. The Bertz CT molecular complexity index is 629. The van der Waals surface area contributed by atoms with Gasteiger partial charge in [-0.2, -0.15) is 0 Å². The molecule has 1 aliphatic rings. The molecule has 98 valence electrons. The van der Waals surface area contributed by atoms with E-state index in [9.17, 15) is 4.79 Å². The zero-order chi connectivity index (χ0) is 13.4. The number of carbonyl (C=O) groups is 1. The van der Waals surface area contributed by atoms with E-state index in [4.69, 9.17) is 5.73 Å². The number of halogens is 1. The highest BCUT2D eigenvalue weighted by Gasteiger charge is 2.18. The van der Waals surface area contributed by atoms with Crippen molar-refractivity contribution in [3.63, 3.8) is 0 Å². The van der Waals surface area contributed by atoms with Crippen LogP contribution >= 0.6 is 27.3 Å². The fourth-order valence-electron chi connectivity index (χ4n) is 2.24. The summed E-state index contributed by atoms with van der Waals surface area (Å²) in [5.41, 5.74) is 8.47. The Morgan fingerprint density at radius 1 is 1.32 bits per heavy atom. The predicted molar refractivity (Wildman–Crippen MR) is 82.9 cm³/mol. The van der Waals surface area contributed by atoms with E-state index < -0.39 is 0 Å². The Hall–Kier alpha value is -1.33. The molecule has 1 heterocycles. The molecule has 0 fully saturated rings. The Morgan fingerprint density at radius 3 is 2.89 bits per heavy atom. The van der Waals surface area contributed by atoms with Crippen molar-refractivity contribution in [2.24, 2.45) is 0 Å². The van der Waals surface area contributed by atoms with Crippen molar-refractivity contribution in [3.05, 3.63) is 44.1 Å². The molecule has 5 heteroatoms. The molecule has 2 aromatic rings. The number of nitrogens with two attached hydrogens (primary N) is 1. The number of hydrogen-bond donors (Lipinski definition) is 2. The van der Waals surface area contributed by atoms with Gasteiger partial charge in [0, 0.05) is 20.7 Å². The molecule has 0 radical (unpaired) electrons. The van der Waals surface area contributed by atoms with Crippen molar-refractivity contribution in [2.75, 3.05) is 11.1 Å². The van der Waals surface area contributed by atoms with Crippen LogP contribution in [0.2, 0.25) is 0 Å². The van der Waals surface area contributed by atoms with Crippen LogP contribution in [0, 0.1) is 0 Å². The minimum atomic E-state index is -0.0453. The number of benzene rings is 1. The summed E-state index contributed by atoms with van der Waals surface area (Å²) in [6, 6.07) is 7.41. The number of nitrogen functional groups attached to an aromatic ring is 1. The maximum absolute atomic E-state index is 12.2. The summed E-state index contributed by atoms with van der Waals surface area (Å²) in [7, 11) is 0.